The van der Waals surface area contributed by atoms with Crippen molar-refractivity contribution in [3.05, 3.63) is 48.5 Å². The van der Waals surface area contributed by atoms with E-state index in [-0.39, 0.29) is 11.8 Å². The molecular weight excluding hydrogens is 324 g/mol. The first-order valence-corrected chi connectivity index (χ1v) is 9.92. The van der Waals surface area contributed by atoms with E-state index in [0.29, 0.717) is 0 Å². The predicted molar refractivity (Wildman–Crippen MR) is 106 cm³/mol. The van der Waals surface area contributed by atoms with Gasteiger partial charge in [0.15, 0.2) is 5.78 Å². The number of imidazole rings is 1. The number of ether oxygens (including phenoxy) is 1. The van der Waals surface area contributed by atoms with Gasteiger partial charge in [0, 0.05) is 18.0 Å². The summed E-state index contributed by atoms with van der Waals surface area (Å²) in [5, 5.41) is 0. The number of aromatic nitrogens is 2. The zero-order chi connectivity index (χ0) is 18.6. The van der Waals surface area contributed by atoms with Gasteiger partial charge in [0.1, 0.15) is 5.75 Å². The van der Waals surface area contributed by atoms with Crippen molar-refractivity contribution in [3.8, 4) is 5.75 Å². The molecule has 0 aliphatic carbocycles. The van der Waals surface area contributed by atoms with Gasteiger partial charge in [0.2, 0.25) is 0 Å². The van der Waals surface area contributed by atoms with Crippen LogP contribution in [-0.2, 0) is 0 Å². The van der Waals surface area contributed by atoms with Crippen LogP contribution in [0.5, 0.6) is 5.75 Å². The third kappa shape index (κ3) is 6.32. The highest BCUT2D eigenvalue weighted by Gasteiger charge is 2.21. The van der Waals surface area contributed by atoms with Crippen molar-refractivity contribution in [2.24, 2.45) is 0 Å². The Balaban J connectivity index is 1.87. The van der Waals surface area contributed by atoms with Crippen LogP contribution in [0.4, 0.5) is 0 Å². The van der Waals surface area contributed by atoms with E-state index in [1.807, 2.05) is 35.0 Å². The lowest BCUT2D eigenvalue weighted by molar-refractivity contribution is 0.0917. The first kappa shape index (κ1) is 20.2. The van der Waals surface area contributed by atoms with Crippen LogP contribution in [0, 0.1) is 0 Å². The van der Waals surface area contributed by atoms with Gasteiger partial charge in [-0.25, -0.2) is 4.98 Å². The van der Waals surface area contributed by atoms with Crippen molar-refractivity contribution in [2.45, 2.75) is 70.8 Å². The van der Waals surface area contributed by atoms with Crippen LogP contribution in [-0.4, -0.2) is 22.4 Å². The van der Waals surface area contributed by atoms with Gasteiger partial charge < -0.3 is 9.30 Å². The van der Waals surface area contributed by atoms with E-state index in [4.69, 9.17) is 4.74 Å². The van der Waals surface area contributed by atoms with Crippen molar-refractivity contribution < 1.29 is 9.53 Å². The standard InChI is InChI=1S/C22H32N2O2/c1-3-4-5-6-7-8-9-10-11-21(24-17-16-23-18-24)22(25)19-12-14-20(26-2)15-13-19/h12-18,21H,3-11H2,1-2H3. The third-order valence-electron chi connectivity index (χ3n) is 4.89. The van der Waals surface area contributed by atoms with Crippen LogP contribution in [0.25, 0.3) is 0 Å². The largest absolute Gasteiger partial charge is 0.497 e. The number of hydrogen-bond acceptors (Lipinski definition) is 3. The Morgan fingerprint density at radius 1 is 1.04 bits per heavy atom. The van der Waals surface area contributed by atoms with Gasteiger partial charge in [-0.05, 0) is 30.7 Å². The molecule has 1 aromatic carbocycles. The number of benzene rings is 1. The van der Waals surface area contributed by atoms with E-state index < -0.39 is 0 Å². The van der Waals surface area contributed by atoms with Gasteiger partial charge in [0.05, 0.1) is 19.5 Å². The molecule has 0 N–H and O–H groups in total. The summed E-state index contributed by atoms with van der Waals surface area (Å²) in [7, 11) is 1.63. The maximum atomic E-state index is 13.0. The summed E-state index contributed by atoms with van der Waals surface area (Å²) >= 11 is 0. The average molecular weight is 357 g/mol. The molecule has 1 atom stereocenters. The molecule has 0 spiro atoms. The smallest absolute Gasteiger partial charge is 0.185 e. The second-order valence-corrected chi connectivity index (χ2v) is 6.88. The first-order chi connectivity index (χ1) is 12.8. The van der Waals surface area contributed by atoms with Gasteiger partial charge in [0.25, 0.3) is 0 Å². The Bertz CT molecular complexity index is 620. The summed E-state index contributed by atoms with van der Waals surface area (Å²) in [6, 6.07) is 7.20. The number of rotatable bonds is 13. The molecular formula is C22H32N2O2. The lowest BCUT2D eigenvalue weighted by Gasteiger charge is -2.17. The van der Waals surface area contributed by atoms with Gasteiger partial charge in [-0.2, -0.15) is 0 Å². The quantitative estimate of drug-likeness (QED) is 0.334. The Hall–Kier alpha value is -2.10. The molecule has 0 saturated carbocycles. The monoisotopic (exact) mass is 356 g/mol. The van der Waals surface area contributed by atoms with Crippen molar-refractivity contribution >= 4 is 5.78 Å². The maximum Gasteiger partial charge on any atom is 0.185 e. The minimum atomic E-state index is -0.175. The van der Waals surface area contributed by atoms with Crippen molar-refractivity contribution in [1.29, 1.82) is 0 Å². The molecule has 0 amide bonds. The van der Waals surface area contributed by atoms with Crippen LogP contribution >= 0.6 is 0 Å². The molecule has 4 nitrogen and oxygen atoms in total. The van der Waals surface area contributed by atoms with Crippen molar-refractivity contribution in [1.82, 2.24) is 9.55 Å². The Morgan fingerprint density at radius 2 is 1.69 bits per heavy atom. The molecule has 26 heavy (non-hydrogen) atoms. The molecule has 1 unspecified atom stereocenters. The zero-order valence-electron chi connectivity index (χ0n) is 16.2. The number of nitrogens with zero attached hydrogens (tertiary/aromatic N) is 2. The molecule has 0 fully saturated rings. The number of Topliss-reactive ketones (excluding diaryl/α,β-unsaturated/α-hetero) is 1. The second kappa shape index (κ2) is 11.5. The minimum Gasteiger partial charge on any atom is -0.497 e. The lowest BCUT2D eigenvalue weighted by Crippen LogP contribution is -2.19. The first-order valence-electron chi connectivity index (χ1n) is 9.92. The highest BCUT2D eigenvalue weighted by molar-refractivity contribution is 5.99. The topological polar surface area (TPSA) is 44.1 Å². The van der Waals surface area contributed by atoms with Gasteiger partial charge in [-0.3, -0.25) is 4.79 Å². The van der Waals surface area contributed by atoms with Crippen LogP contribution in [0.2, 0.25) is 0 Å². The minimum absolute atomic E-state index is 0.147. The van der Waals surface area contributed by atoms with E-state index in [0.717, 1.165) is 24.2 Å². The molecule has 142 valence electrons. The molecule has 0 aliphatic heterocycles. The normalized spacial score (nSPS) is 12.1. The Morgan fingerprint density at radius 3 is 2.27 bits per heavy atom. The maximum absolute atomic E-state index is 13.0. The van der Waals surface area contributed by atoms with Crippen LogP contribution < -0.4 is 4.74 Å². The molecule has 1 heterocycles. The SMILES string of the molecule is CCCCCCCCCCC(C(=O)c1ccc(OC)cc1)n1ccnc1. The fourth-order valence-electron chi connectivity index (χ4n) is 3.29. The highest BCUT2D eigenvalue weighted by Crippen LogP contribution is 2.23. The summed E-state index contributed by atoms with van der Waals surface area (Å²) in [6.07, 6.45) is 16.4. The number of hydrogen-bond donors (Lipinski definition) is 0. The van der Waals surface area contributed by atoms with E-state index in [1.165, 1.54) is 44.9 Å². The van der Waals surface area contributed by atoms with E-state index in [9.17, 15) is 4.79 Å². The Kier molecular flexibility index (Phi) is 8.94. The molecule has 0 bridgehead atoms. The number of methoxy groups -OCH3 is 1. The fourth-order valence-corrected chi connectivity index (χ4v) is 3.29. The molecule has 4 heteroatoms. The Labute approximate surface area is 157 Å². The molecule has 2 aromatic rings. The summed E-state index contributed by atoms with van der Waals surface area (Å²) in [4.78, 5) is 17.1. The average Bonchev–Trinajstić information content (AvgIpc) is 3.21. The van der Waals surface area contributed by atoms with Crippen molar-refractivity contribution in [2.75, 3.05) is 7.11 Å². The molecule has 2 rings (SSSR count). The summed E-state index contributed by atoms with van der Waals surface area (Å²) < 4.78 is 7.12. The fraction of sp³-hybridized carbons (Fsp3) is 0.545. The number of carbonyl (C=O) groups is 1. The van der Waals surface area contributed by atoms with Crippen LogP contribution in [0.3, 0.4) is 0 Å². The van der Waals surface area contributed by atoms with E-state index >= 15 is 0 Å². The highest BCUT2D eigenvalue weighted by atomic mass is 16.5. The third-order valence-corrected chi connectivity index (χ3v) is 4.89. The number of ketones is 1. The van der Waals surface area contributed by atoms with E-state index in [2.05, 4.69) is 11.9 Å². The summed E-state index contributed by atoms with van der Waals surface area (Å²) in [6.45, 7) is 2.25. The molecule has 1 aromatic heterocycles. The zero-order valence-corrected chi connectivity index (χ0v) is 16.2. The van der Waals surface area contributed by atoms with Crippen LogP contribution in [0.15, 0.2) is 43.0 Å². The number of unbranched alkanes of at least 4 members (excludes halogenated alkanes) is 7. The van der Waals surface area contributed by atoms with Crippen molar-refractivity contribution in [3.63, 3.8) is 0 Å². The number of carbonyl (C=O) groups excluding carboxylic acids is 1. The molecule has 0 radical (unpaired) electrons. The molecule has 0 saturated heterocycles. The van der Waals surface area contributed by atoms with Gasteiger partial charge in [-0.15, -0.1) is 0 Å². The summed E-state index contributed by atoms with van der Waals surface area (Å²) in [5.41, 5.74) is 0.726. The van der Waals surface area contributed by atoms with Gasteiger partial charge in [-0.1, -0.05) is 58.3 Å². The van der Waals surface area contributed by atoms with Gasteiger partial charge >= 0.3 is 0 Å². The second-order valence-electron chi connectivity index (χ2n) is 6.88. The summed E-state index contributed by atoms with van der Waals surface area (Å²) in [5.74, 6) is 0.914. The predicted octanol–water partition coefficient (Wildman–Crippen LogP) is 5.85. The van der Waals surface area contributed by atoms with E-state index in [1.54, 1.807) is 19.6 Å². The lowest BCUT2D eigenvalue weighted by atomic mass is 9.98. The molecule has 0 aliphatic rings. The van der Waals surface area contributed by atoms with Crippen LogP contribution in [0.1, 0.15) is 81.1 Å².